The molecule has 2 bridgehead atoms. The largest absolute Gasteiger partial charge is 2.00 e. The Kier molecular flexibility index (Phi) is 16.7. The normalized spacial score (nSPS) is 22.6. The van der Waals surface area contributed by atoms with Crippen molar-refractivity contribution in [3.05, 3.63) is 35.4 Å². The first-order valence-electron chi connectivity index (χ1n) is 9.43. The van der Waals surface area contributed by atoms with E-state index in [0.717, 1.165) is 41.4 Å². The van der Waals surface area contributed by atoms with Crippen LogP contribution < -0.4 is 0 Å². The van der Waals surface area contributed by atoms with Gasteiger partial charge in [-0.15, -0.1) is 0 Å². The second-order valence-corrected chi connectivity index (χ2v) is 9.24. The van der Waals surface area contributed by atoms with E-state index in [9.17, 15) is 4.79 Å². The molecule has 2 heterocycles. The zero-order chi connectivity index (χ0) is 19.6. The number of nitrogens with zero attached hydrogens (tertiary/aromatic N) is 1. The van der Waals surface area contributed by atoms with Gasteiger partial charge in [0.25, 0.3) is 0 Å². The van der Waals surface area contributed by atoms with E-state index in [1.54, 1.807) is 6.07 Å². The Morgan fingerprint density at radius 1 is 1.14 bits per heavy atom. The Hall–Kier alpha value is 0.672. The summed E-state index contributed by atoms with van der Waals surface area (Å²) in [5.74, 6) is 4.22. The maximum Gasteiger partial charge on any atom is 0.338 e. The second kappa shape index (κ2) is 16.3. The summed E-state index contributed by atoms with van der Waals surface area (Å²) in [6.07, 6.45) is 4.49. The van der Waals surface area contributed by atoms with Crippen LogP contribution in [-0.4, -0.2) is 59.1 Å². The van der Waals surface area contributed by atoms with Crippen molar-refractivity contribution >= 4 is 55.6 Å². The number of piperidine rings is 1. The summed E-state index contributed by atoms with van der Waals surface area (Å²) < 4.78 is 5.71. The van der Waals surface area contributed by atoms with E-state index in [-0.39, 0.29) is 38.0 Å². The van der Waals surface area contributed by atoms with Crippen LogP contribution in [0.3, 0.4) is 0 Å². The van der Waals surface area contributed by atoms with Crippen LogP contribution in [0.4, 0.5) is 0 Å². The van der Waals surface area contributed by atoms with Gasteiger partial charge in [-0.2, -0.15) is 29.0 Å². The smallest absolute Gasteiger partial charge is 0.338 e. The van der Waals surface area contributed by atoms with E-state index in [1.807, 2.05) is 30.0 Å². The van der Waals surface area contributed by atoms with Gasteiger partial charge in [0.15, 0.2) is 0 Å². The molecular formula is C20H28NO3ReS4-5. The van der Waals surface area contributed by atoms with Crippen molar-refractivity contribution in [3.8, 4) is 0 Å². The molecule has 2 saturated heterocycles. The third-order valence-electron chi connectivity index (χ3n) is 5.11. The molecule has 2 aliphatic heterocycles. The van der Waals surface area contributed by atoms with Gasteiger partial charge in [0.1, 0.15) is 6.10 Å². The molecule has 1 aromatic carbocycles. The van der Waals surface area contributed by atoms with Crippen LogP contribution in [-0.2, 0) is 74.3 Å². The van der Waals surface area contributed by atoms with Gasteiger partial charge in [-0.3, -0.25) is 0 Å². The van der Waals surface area contributed by atoms with Gasteiger partial charge < -0.3 is 53.0 Å². The zero-order valence-corrected chi connectivity index (χ0v) is 22.6. The van der Waals surface area contributed by atoms with Crippen molar-refractivity contribution in [2.24, 2.45) is 0 Å². The zero-order valence-electron chi connectivity index (χ0n) is 16.6. The van der Waals surface area contributed by atoms with Crippen LogP contribution in [0.1, 0.15) is 41.6 Å². The molecule has 0 N–H and O–H groups in total. The number of carbonyl (C=O) groups excluding carboxylic acids is 1. The molecule has 2 fully saturated rings. The van der Waals surface area contributed by atoms with Crippen LogP contribution in [0.15, 0.2) is 24.3 Å². The fourth-order valence-corrected chi connectivity index (χ4v) is 5.01. The molecule has 1 radical (unpaired) electrons. The quantitative estimate of drug-likeness (QED) is 0.257. The number of esters is 1. The number of hydrogen-bond donors (Lipinski definition) is 0. The number of carbonyl (C=O) groups is 1. The van der Waals surface area contributed by atoms with Gasteiger partial charge in [0.05, 0.1) is 5.56 Å². The minimum atomic E-state index is -0.204. The molecular weight excluding hydrogens is 617 g/mol. The first kappa shape index (κ1) is 29.7. The number of fused-ring (bicyclic) bond motifs is 2. The first-order chi connectivity index (χ1) is 13.1. The topological polar surface area (TPSA) is 58.0 Å². The number of thioether (sulfide) groups is 1. The van der Waals surface area contributed by atoms with Crippen molar-refractivity contribution in [2.45, 2.75) is 49.6 Å². The van der Waals surface area contributed by atoms with Crippen molar-refractivity contribution in [1.82, 2.24) is 4.90 Å². The average molecular weight is 645 g/mol. The molecule has 167 valence electrons. The third kappa shape index (κ3) is 9.78. The number of rotatable bonds is 7. The van der Waals surface area contributed by atoms with Gasteiger partial charge >= 0.3 is 5.97 Å². The number of ether oxygens (including phenoxy) is 1. The van der Waals surface area contributed by atoms with Crippen molar-refractivity contribution in [2.75, 3.05) is 30.1 Å². The third-order valence-corrected chi connectivity index (χ3v) is 7.36. The van der Waals surface area contributed by atoms with E-state index in [0.29, 0.717) is 23.4 Å². The van der Waals surface area contributed by atoms with E-state index in [2.05, 4.69) is 11.9 Å². The molecule has 0 aliphatic carbocycles. The van der Waals surface area contributed by atoms with Crippen LogP contribution in [0.25, 0.3) is 0 Å². The predicted molar refractivity (Wildman–Crippen MR) is 123 cm³/mol. The molecule has 1 aromatic rings. The monoisotopic (exact) mass is 645 g/mol. The van der Waals surface area contributed by atoms with Crippen LogP contribution in [0, 0.1) is 0 Å². The van der Waals surface area contributed by atoms with Gasteiger partial charge in [-0.25, -0.2) is 4.79 Å². The van der Waals surface area contributed by atoms with Gasteiger partial charge in [0.2, 0.25) is 0 Å². The van der Waals surface area contributed by atoms with E-state index >= 15 is 0 Å². The van der Waals surface area contributed by atoms with Crippen LogP contribution in [0.5, 0.6) is 0 Å². The number of hydrogen-bond acceptors (Lipinski definition) is 7. The summed E-state index contributed by atoms with van der Waals surface area (Å²) in [5, 5.41) is 0. The Balaban J connectivity index is 0.000000761. The second-order valence-electron chi connectivity index (χ2n) is 6.91. The SMILES string of the molecule is CN1[C@@H]2CC[C@H]1CC(OC(=O)c1cccc(C[S-])c1)C2.[O-2].[Re].[S-]CCSCC[S-]. The molecule has 0 aromatic heterocycles. The van der Waals surface area contributed by atoms with E-state index < -0.39 is 0 Å². The Morgan fingerprint density at radius 3 is 2.24 bits per heavy atom. The predicted octanol–water partition coefficient (Wildman–Crippen LogP) is 3.21. The standard InChI is InChI=1S/C16H21NO2S.C4H10S3.O.Re/c1-17-13-5-6-14(17)9-15(8-13)19-16(18)12-4-2-3-11(7-12)10-20;5-1-3-7-4-2-6;;/h2-4,7,13-15,20H,5-6,8-10H2,1H3;5-6H,1-4H2;;/q;;-2;/p-3/t13-,14+,15?;;;. The first-order valence-corrected chi connectivity index (χ1v) is 12.3. The molecule has 9 heteroatoms. The van der Waals surface area contributed by atoms with Gasteiger partial charge in [-0.1, -0.05) is 17.7 Å². The Labute approximate surface area is 209 Å². The summed E-state index contributed by atoms with van der Waals surface area (Å²) in [7, 11) is 2.19. The maximum atomic E-state index is 12.2. The van der Waals surface area contributed by atoms with Gasteiger partial charge in [-0.05, 0) is 43.5 Å². The summed E-state index contributed by atoms with van der Waals surface area (Å²) in [5.41, 5.74) is 1.62. The molecule has 3 rings (SSSR count). The van der Waals surface area contributed by atoms with Crippen molar-refractivity contribution in [3.63, 3.8) is 0 Å². The van der Waals surface area contributed by atoms with Gasteiger partial charge in [0, 0.05) is 45.3 Å². The van der Waals surface area contributed by atoms with Crippen LogP contribution in [0.2, 0.25) is 0 Å². The molecule has 29 heavy (non-hydrogen) atoms. The average Bonchev–Trinajstić information content (AvgIpc) is 2.90. The molecule has 0 saturated carbocycles. The summed E-state index contributed by atoms with van der Waals surface area (Å²) in [6, 6.07) is 8.64. The summed E-state index contributed by atoms with van der Waals surface area (Å²) in [6.45, 7) is 0. The summed E-state index contributed by atoms with van der Waals surface area (Å²) in [4.78, 5) is 14.7. The Morgan fingerprint density at radius 2 is 1.72 bits per heavy atom. The van der Waals surface area contributed by atoms with Crippen molar-refractivity contribution < 1.29 is 35.4 Å². The molecule has 3 atom stereocenters. The van der Waals surface area contributed by atoms with E-state index in [1.165, 1.54) is 12.8 Å². The molecule has 4 nitrogen and oxygen atoms in total. The minimum absolute atomic E-state index is 0. The molecule has 0 spiro atoms. The Bertz CT molecular complexity index is 579. The summed E-state index contributed by atoms with van der Waals surface area (Å²) >= 11 is 16.3. The number of benzene rings is 1. The van der Waals surface area contributed by atoms with E-state index in [4.69, 9.17) is 42.6 Å². The van der Waals surface area contributed by atoms with Crippen molar-refractivity contribution in [1.29, 1.82) is 0 Å². The minimum Gasteiger partial charge on any atom is -2.00 e. The fourth-order valence-electron chi connectivity index (χ4n) is 3.69. The molecule has 2 aliphatic rings. The molecule has 0 amide bonds. The molecule has 1 unspecified atom stereocenters. The fraction of sp³-hybridized carbons (Fsp3) is 0.650. The van der Waals surface area contributed by atoms with Crippen LogP contribution >= 0.6 is 11.8 Å². The maximum absolute atomic E-state index is 12.2.